The van der Waals surface area contributed by atoms with Crippen LogP contribution >= 0.6 is 0 Å². The minimum Gasteiger partial charge on any atom is -0.496 e. The number of para-hydroxylation sites is 1. The maximum Gasteiger partial charge on any atom is 0.224 e. The number of methoxy groups -OCH3 is 1. The Morgan fingerprint density at radius 2 is 2.00 bits per heavy atom. The van der Waals surface area contributed by atoms with Gasteiger partial charge < -0.3 is 10.1 Å². The van der Waals surface area contributed by atoms with E-state index >= 15 is 0 Å². The first-order chi connectivity index (χ1) is 9.19. The molecule has 1 N–H and O–H groups in total. The van der Waals surface area contributed by atoms with Gasteiger partial charge in [0.25, 0.3) is 0 Å². The predicted octanol–water partition coefficient (Wildman–Crippen LogP) is 1.87. The average molecular weight is 261 g/mol. The molecule has 0 spiro atoms. The van der Waals surface area contributed by atoms with Gasteiger partial charge in [0.05, 0.1) is 13.5 Å². The first-order valence-corrected chi connectivity index (χ1v) is 6.62. The van der Waals surface area contributed by atoms with E-state index in [4.69, 9.17) is 4.74 Å². The highest BCUT2D eigenvalue weighted by molar-refractivity contribution is 5.81. The molecule has 1 aliphatic rings. The fourth-order valence-electron chi connectivity index (χ4n) is 2.38. The van der Waals surface area contributed by atoms with Crippen LogP contribution in [0.5, 0.6) is 5.75 Å². The van der Waals surface area contributed by atoms with E-state index in [0.29, 0.717) is 25.0 Å². The second-order valence-electron chi connectivity index (χ2n) is 4.87. The van der Waals surface area contributed by atoms with Gasteiger partial charge in [-0.15, -0.1) is 0 Å². The summed E-state index contributed by atoms with van der Waals surface area (Å²) in [6, 6.07) is 7.65. The summed E-state index contributed by atoms with van der Waals surface area (Å²) in [5.74, 6) is 1.02. The molecule has 0 unspecified atom stereocenters. The first kappa shape index (κ1) is 13.6. The van der Waals surface area contributed by atoms with Crippen molar-refractivity contribution in [2.75, 3.05) is 7.11 Å². The van der Waals surface area contributed by atoms with Gasteiger partial charge in [-0.3, -0.25) is 9.59 Å². The molecule has 2 rings (SSSR count). The van der Waals surface area contributed by atoms with E-state index in [2.05, 4.69) is 5.32 Å². The van der Waals surface area contributed by atoms with Gasteiger partial charge >= 0.3 is 0 Å². The topological polar surface area (TPSA) is 55.4 Å². The summed E-state index contributed by atoms with van der Waals surface area (Å²) in [7, 11) is 1.60. The van der Waals surface area contributed by atoms with Gasteiger partial charge in [-0.05, 0) is 18.9 Å². The monoisotopic (exact) mass is 261 g/mol. The van der Waals surface area contributed by atoms with Gasteiger partial charge in [0.1, 0.15) is 11.5 Å². The van der Waals surface area contributed by atoms with Crippen molar-refractivity contribution in [3.05, 3.63) is 29.8 Å². The second kappa shape index (κ2) is 6.36. The normalized spacial score (nSPS) is 16.2. The summed E-state index contributed by atoms with van der Waals surface area (Å²) in [6.45, 7) is 0. The Balaban J connectivity index is 1.89. The van der Waals surface area contributed by atoms with Crippen LogP contribution in [0, 0.1) is 0 Å². The number of hydrogen-bond acceptors (Lipinski definition) is 3. The fraction of sp³-hybridized carbons (Fsp3) is 0.467. The molecule has 0 heterocycles. The highest BCUT2D eigenvalue weighted by Gasteiger charge is 2.20. The van der Waals surface area contributed by atoms with Crippen molar-refractivity contribution >= 4 is 11.7 Å². The summed E-state index contributed by atoms with van der Waals surface area (Å²) in [6.07, 6.45) is 3.00. The van der Waals surface area contributed by atoms with E-state index in [1.54, 1.807) is 7.11 Å². The van der Waals surface area contributed by atoms with Crippen molar-refractivity contribution in [2.45, 2.75) is 38.1 Å². The van der Waals surface area contributed by atoms with Crippen LogP contribution in [0.4, 0.5) is 0 Å². The number of hydrogen-bond donors (Lipinski definition) is 1. The zero-order chi connectivity index (χ0) is 13.7. The first-order valence-electron chi connectivity index (χ1n) is 6.62. The zero-order valence-corrected chi connectivity index (χ0v) is 11.1. The smallest absolute Gasteiger partial charge is 0.224 e. The van der Waals surface area contributed by atoms with Crippen molar-refractivity contribution in [1.29, 1.82) is 0 Å². The lowest BCUT2D eigenvalue weighted by molar-refractivity contribution is -0.124. The number of Topliss-reactive ketones (excluding diaryl/α,β-unsaturated/α-hetero) is 1. The van der Waals surface area contributed by atoms with Crippen LogP contribution in [0.3, 0.4) is 0 Å². The maximum atomic E-state index is 12.0. The minimum absolute atomic E-state index is 0.0103. The highest BCUT2D eigenvalue weighted by Crippen LogP contribution is 2.19. The summed E-state index contributed by atoms with van der Waals surface area (Å²) in [5, 5.41) is 2.99. The molecule has 4 heteroatoms. The number of benzene rings is 1. The van der Waals surface area contributed by atoms with Crippen molar-refractivity contribution < 1.29 is 14.3 Å². The summed E-state index contributed by atoms with van der Waals surface area (Å²) in [4.78, 5) is 23.1. The van der Waals surface area contributed by atoms with E-state index in [0.717, 1.165) is 24.2 Å². The lowest BCUT2D eigenvalue weighted by atomic mass is 9.94. The molecule has 1 aromatic rings. The average Bonchev–Trinajstić information content (AvgIpc) is 2.42. The quantitative estimate of drug-likeness (QED) is 0.900. The Morgan fingerprint density at radius 1 is 1.32 bits per heavy atom. The van der Waals surface area contributed by atoms with Gasteiger partial charge in [-0.25, -0.2) is 0 Å². The third-order valence-corrected chi connectivity index (χ3v) is 3.45. The summed E-state index contributed by atoms with van der Waals surface area (Å²) < 4.78 is 5.23. The van der Waals surface area contributed by atoms with Crippen molar-refractivity contribution in [3.8, 4) is 5.75 Å². The van der Waals surface area contributed by atoms with Gasteiger partial charge in [0.2, 0.25) is 5.91 Å². The molecule has 102 valence electrons. The maximum absolute atomic E-state index is 12.0. The number of ether oxygens (including phenoxy) is 1. The second-order valence-corrected chi connectivity index (χ2v) is 4.87. The predicted molar refractivity (Wildman–Crippen MR) is 72.1 cm³/mol. The molecule has 1 fully saturated rings. The van der Waals surface area contributed by atoms with E-state index < -0.39 is 0 Å². The van der Waals surface area contributed by atoms with Crippen LogP contribution < -0.4 is 10.1 Å². The standard InChI is InChI=1S/C15H19NO3/c1-19-14-5-3-2-4-11(14)10-15(18)16-12-6-8-13(17)9-7-12/h2-5,12H,6-10H2,1H3,(H,16,18). The number of carbonyl (C=O) groups excluding carboxylic acids is 2. The van der Waals surface area contributed by atoms with Crippen LogP contribution in [-0.4, -0.2) is 24.8 Å². The van der Waals surface area contributed by atoms with Crippen LogP contribution in [0.2, 0.25) is 0 Å². The van der Waals surface area contributed by atoms with Crippen LogP contribution in [0.15, 0.2) is 24.3 Å². The Morgan fingerprint density at radius 3 is 2.68 bits per heavy atom. The summed E-state index contributed by atoms with van der Waals surface area (Å²) in [5.41, 5.74) is 0.884. The van der Waals surface area contributed by atoms with E-state index in [1.807, 2.05) is 24.3 Å². The largest absolute Gasteiger partial charge is 0.496 e. The summed E-state index contributed by atoms with van der Waals surface area (Å²) >= 11 is 0. The van der Waals surface area contributed by atoms with Crippen molar-refractivity contribution in [2.24, 2.45) is 0 Å². The lowest BCUT2D eigenvalue weighted by Crippen LogP contribution is -2.38. The number of rotatable bonds is 4. The zero-order valence-electron chi connectivity index (χ0n) is 11.1. The Labute approximate surface area is 113 Å². The molecule has 0 bridgehead atoms. The molecule has 1 saturated carbocycles. The van der Waals surface area contributed by atoms with Crippen LogP contribution in [-0.2, 0) is 16.0 Å². The fourth-order valence-corrected chi connectivity index (χ4v) is 2.38. The number of nitrogens with one attached hydrogen (secondary N) is 1. The molecule has 0 radical (unpaired) electrons. The third kappa shape index (κ3) is 3.81. The minimum atomic E-state index is -0.0103. The van der Waals surface area contributed by atoms with Crippen LogP contribution in [0.25, 0.3) is 0 Å². The number of amides is 1. The molecule has 0 aliphatic heterocycles. The Kier molecular flexibility index (Phi) is 4.55. The van der Waals surface area contributed by atoms with E-state index in [9.17, 15) is 9.59 Å². The van der Waals surface area contributed by atoms with Crippen LogP contribution in [0.1, 0.15) is 31.2 Å². The van der Waals surface area contributed by atoms with E-state index in [1.165, 1.54) is 0 Å². The molecule has 0 atom stereocenters. The third-order valence-electron chi connectivity index (χ3n) is 3.45. The SMILES string of the molecule is COc1ccccc1CC(=O)NC1CCC(=O)CC1. The highest BCUT2D eigenvalue weighted by atomic mass is 16.5. The molecule has 1 aliphatic carbocycles. The van der Waals surface area contributed by atoms with Crippen molar-refractivity contribution in [3.63, 3.8) is 0 Å². The van der Waals surface area contributed by atoms with E-state index in [-0.39, 0.29) is 11.9 Å². The number of carbonyl (C=O) groups is 2. The molecule has 0 aromatic heterocycles. The van der Waals surface area contributed by atoms with Gasteiger partial charge in [0, 0.05) is 24.4 Å². The van der Waals surface area contributed by atoms with Gasteiger partial charge in [-0.2, -0.15) is 0 Å². The molecule has 1 amide bonds. The molecule has 0 saturated heterocycles. The molecule has 19 heavy (non-hydrogen) atoms. The van der Waals surface area contributed by atoms with Crippen molar-refractivity contribution in [1.82, 2.24) is 5.32 Å². The van der Waals surface area contributed by atoms with Gasteiger partial charge in [0.15, 0.2) is 0 Å². The number of ketones is 1. The van der Waals surface area contributed by atoms with Gasteiger partial charge in [-0.1, -0.05) is 18.2 Å². The Hall–Kier alpha value is -1.84. The Bertz CT molecular complexity index is 460. The molecular formula is C15H19NO3. The molecule has 1 aromatic carbocycles. The lowest BCUT2D eigenvalue weighted by Gasteiger charge is -2.22. The molecule has 4 nitrogen and oxygen atoms in total. The molecular weight excluding hydrogens is 242 g/mol.